The van der Waals surface area contributed by atoms with E-state index in [1.54, 1.807) is 7.11 Å². The molecule has 1 aromatic carbocycles. The Morgan fingerprint density at radius 1 is 1.29 bits per heavy atom. The van der Waals surface area contributed by atoms with Crippen LogP contribution in [0.2, 0.25) is 0 Å². The van der Waals surface area contributed by atoms with E-state index >= 15 is 0 Å². The normalized spacial score (nSPS) is 12.3. The minimum absolute atomic E-state index is 0.0787. The average molecular weight is 321 g/mol. The summed E-state index contributed by atoms with van der Waals surface area (Å²) in [6.07, 6.45) is -3.88. The van der Waals surface area contributed by atoms with Crippen LogP contribution in [0, 0.1) is 0 Å². The number of alkyl halides is 3. The van der Waals surface area contributed by atoms with Crippen molar-refractivity contribution in [3.8, 4) is 5.75 Å². The summed E-state index contributed by atoms with van der Waals surface area (Å²) in [5.41, 5.74) is 4.36. The van der Waals surface area contributed by atoms with Crippen molar-refractivity contribution in [1.82, 2.24) is 0 Å². The van der Waals surface area contributed by atoms with Crippen LogP contribution in [0.25, 0.3) is 0 Å². The SMILES string of the molecule is COC(C)(C)CCOc1ccc(C(F)(F)F)cc1C(N)=S. The predicted octanol–water partition coefficient (Wildman–Crippen LogP) is 3.53. The fourth-order valence-corrected chi connectivity index (χ4v) is 1.69. The Bertz CT molecular complexity index is 515. The van der Waals surface area contributed by atoms with Crippen LogP contribution < -0.4 is 10.5 Å². The van der Waals surface area contributed by atoms with Gasteiger partial charge in [-0.25, -0.2) is 0 Å². The van der Waals surface area contributed by atoms with E-state index in [1.165, 1.54) is 6.07 Å². The van der Waals surface area contributed by atoms with Crippen LogP contribution in [0.3, 0.4) is 0 Å². The highest BCUT2D eigenvalue weighted by molar-refractivity contribution is 7.80. The van der Waals surface area contributed by atoms with Gasteiger partial charge in [0.25, 0.3) is 0 Å². The largest absolute Gasteiger partial charge is 0.493 e. The summed E-state index contributed by atoms with van der Waals surface area (Å²) in [6, 6.07) is 3.08. The van der Waals surface area contributed by atoms with Crippen molar-refractivity contribution in [3.63, 3.8) is 0 Å². The minimum atomic E-state index is -4.45. The maximum absolute atomic E-state index is 12.7. The van der Waals surface area contributed by atoms with Gasteiger partial charge in [0, 0.05) is 13.5 Å². The van der Waals surface area contributed by atoms with Crippen molar-refractivity contribution in [3.05, 3.63) is 29.3 Å². The number of methoxy groups -OCH3 is 1. The molecule has 1 rings (SSSR count). The quantitative estimate of drug-likeness (QED) is 0.814. The highest BCUT2D eigenvalue weighted by Gasteiger charge is 2.31. The lowest BCUT2D eigenvalue weighted by molar-refractivity contribution is -0.137. The monoisotopic (exact) mass is 321 g/mol. The summed E-state index contributed by atoms with van der Waals surface area (Å²) in [5.74, 6) is 0.238. The lowest BCUT2D eigenvalue weighted by Gasteiger charge is -2.23. The molecule has 0 saturated heterocycles. The van der Waals surface area contributed by atoms with Crippen molar-refractivity contribution >= 4 is 17.2 Å². The van der Waals surface area contributed by atoms with E-state index in [0.717, 1.165) is 12.1 Å². The number of halogens is 3. The molecular weight excluding hydrogens is 303 g/mol. The summed E-state index contributed by atoms with van der Waals surface area (Å²) in [7, 11) is 1.58. The summed E-state index contributed by atoms with van der Waals surface area (Å²) in [5, 5.41) is 0. The molecule has 0 aromatic heterocycles. The molecule has 2 N–H and O–H groups in total. The summed E-state index contributed by atoms with van der Waals surface area (Å²) in [4.78, 5) is -0.137. The fourth-order valence-electron chi connectivity index (χ4n) is 1.53. The molecule has 21 heavy (non-hydrogen) atoms. The number of hydrogen-bond donors (Lipinski definition) is 1. The first-order valence-corrected chi connectivity index (χ1v) is 6.66. The van der Waals surface area contributed by atoms with Crippen LogP contribution in [0.1, 0.15) is 31.4 Å². The van der Waals surface area contributed by atoms with Gasteiger partial charge in [0.05, 0.1) is 23.3 Å². The molecule has 0 unspecified atom stereocenters. The molecule has 0 amide bonds. The summed E-state index contributed by atoms with van der Waals surface area (Å²) < 4.78 is 48.8. The molecule has 0 aliphatic heterocycles. The Kier molecular flexibility index (Phi) is 5.58. The lowest BCUT2D eigenvalue weighted by Crippen LogP contribution is -2.25. The van der Waals surface area contributed by atoms with Gasteiger partial charge >= 0.3 is 6.18 Å². The maximum atomic E-state index is 12.7. The third-order valence-electron chi connectivity index (χ3n) is 3.09. The number of rotatable bonds is 6. The Hall–Kier alpha value is -1.34. The van der Waals surface area contributed by atoms with E-state index in [9.17, 15) is 13.2 Å². The number of benzene rings is 1. The summed E-state index contributed by atoms with van der Waals surface area (Å²) in [6.45, 7) is 4.05. The molecule has 0 heterocycles. The van der Waals surface area contributed by atoms with Crippen LogP contribution in [-0.2, 0) is 10.9 Å². The maximum Gasteiger partial charge on any atom is 0.416 e. The second kappa shape index (κ2) is 6.62. The zero-order valence-electron chi connectivity index (χ0n) is 12.1. The zero-order valence-corrected chi connectivity index (χ0v) is 12.9. The smallest absolute Gasteiger partial charge is 0.416 e. The fraction of sp³-hybridized carbons (Fsp3) is 0.500. The van der Waals surface area contributed by atoms with Crippen LogP contribution in [-0.4, -0.2) is 24.3 Å². The van der Waals surface area contributed by atoms with Gasteiger partial charge < -0.3 is 15.2 Å². The number of ether oxygens (including phenoxy) is 2. The molecular formula is C14H18F3NO2S. The third-order valence-corrected chi connectivity index (χ3v) is 3.31. The first-order chi connectivity index (χ1) is 9.57. The first-order valence-electron chi connectivity index (χ1n) is 6.26. The van der Waals surface area contributed by atoms with Gasteiger partial charge in [0.2, 0.25) is 0 Å². The Labute approximate surface area is 127 Å². The molecule has 0 aliphatic rings. The van der Waals surface area contributed by atoms with E-state index < -0.39 is 11.7 Å². The summed E-state index contributed by atoms with van der Waals surface area (Å²) >= 11 is 4.78. The topological polar surface area (TPSA) is 44.5 Å². The van der Waals surface area contributed by atoms with Gasteiger partial charge in [-0.15, -0.1) is 0 Å². The van der Waals surface area contributed by atoms with Gasteiger partial charge in [0.1, 0.15) is 10.7 Å². The Morgan fingerprint density at radius 3 is 2.38 bits per heavy atom. The van der Waals surface area contributed by atoms with Gasteiger partial charge in [-0.2, -0.15) is 13.2 Å². The van der Waals surface area contributed by atoms with Crippen LogP contribution in [0.5, 0.6) is 5.75 Å². The van der Waals surface area contributed by atoms with Crippen LogP contribution in [0.15, 0.2) is 18.2 Å². The molecule has 0 bridgehead atoms. The van der Waals surface area contributed by atoms with E-state index in [0.29, 0.717) is 6.42 Å². The van der Waals surface area contributed by atoms with Gasteiger partial charge in [0.15, 0.2) is 0 Å². The molecule has 0 spiro atoms. The number of nitrogens with two attached hydrogens (primary N) is 1. The van der Waals surface area contributed by atoms with Crippen molar-refractivity contribution in [2.75, 3.05) is 13.7 Å². The van der Waals surface area contributed by atoms with Crippen molar-refractivity contribution in [1.29, 1.82) is 0 Å². The van der Waals surface area contributed by atoms with Crippen LogP contribution in [0.4, 0.5) is 13.2 Å². The molecule has 1 aromatic rings. The molecule has 0 fully saturated rings. The van der Waals surface area contributed by atoms with Crippen molar-refractivity contribution < 1.29 is 22.6 Å². The number of thiocarbonyl (C=S) groups is 1. The Morgan fingerprint density at radius 2 is 1.90 bits per heavy atom. The highest BCUT2D eigenvalue weighted by atomic mass is 32.1. The highest BCUT2D eigenvalue weighted by Crippen LogP contribution is 2.32. The number of hydrogen-bond acceptors (Lipinski definition) is 3. The van der Waals surface area contributed by atoms with E-state index in [-0.39, 0.29) is 28.5 Å². The molecule has 3 nitrogen and oxygen atoms in total. The van der Waals surface area contributed by atoms with Gasteiger partial charge in [-0.3, -0.25) is 0 Å². The van der Waals surface area contributed by atoms with Gasteiger partial charge in [-0.05, 0) is 32.0 Å². The second-order valence-corrected chi connectivity index (χ2v) is 5.58. The van der Waals surface area contributed by atoms with E-state index in [2.05, 4.69) is 0 Å². The average Bonchev–Trinajstić information content (AvgIpc) is 2.37. The van der Waals surface area contributed by atoms with Gasteiger partial charge in [-0.1, -0.05) is 12.2 Å². The van der Waals surface area contributed by atoms with Crippen molar-refractivity contribution in [2.24, 2.45) is 5.73 Å². The molecule has 0 atom stereocenters. The third kappa shape index (κ3) is 5.17. The molecule has 0 saturated carbocycles. The van der Waals surface area contributed by atoms with Crippen molar-refractivity contribution in [2.45, 2.75) is 32.0 Å². The molecule has 0 radical (unpaired) electrons. The molecule has 118 valence electrons. The molecule has 0 aliphatic carbocycles. The van der Waals surface area contributed by atoms with E-state index in [1.807, 2.05) is 13.8 Å². The van der Waals surface area contributed by atoms with Crippen LogP contribution >= 0.6 is 12.2 Å². The predicted molar refractivity (Wildman–Crippen MR) is 78.5 cm³/mol. The standard InChI is InChI=1S/C14H18F3NO2S/c1-13(2,19-3)6-7-20-11-5-4-9(14(15,16)17)8-10(11)12(18)21/h4-5,8H,6-7H2,1-3H3,(H2,18,21). The minimum Gasteiger partial charge on any atom is -0.493 e. The molecule has 7 heteroatoms. The second-order valence-electron chi connectivity index (χ2n) is 5.14. The van der Waals surface area contributed by atoms with E-state index in [4.69, 9.17) is 27.4 Å². The Balaban J connectivity index is 2.90. The zero-order chi connectivity index (χ0) is 16.3. The lowest BCUT2D eigenvalue weighted by atomic mass is 10.1. The first kappa shape index (κ1) is 17.7.